The minimum Gasteiger partial charge on any atom is -0.356 e. The fraction of sp³-hybridized carbons (Fsp3) is 0.350. The molecule has 150 valence electrons. The first kappa shape index (κ1) is 22.4. The van der Waals surface area contributed by atoms with Crippen molar-refractivity contribution >= 4 is 41.3 Å². The van der Waals surface area contributed by atoms with E-state index in [1.807, 2.05) is 18.5 Å². The molecule has 0 unspecified atom stereocenters. The summed E-state index contributed by atoms with van der Waals surface area (Å²) in [5.74, 6) is 2.57. The fourth-order valence-electron chi connectivity index (χ4n) is 2.68. The molecular weight excluding hydrogens is 483 g/mol. The molecule has 28 heavy (non-hydrogen) atoms. The minimum absolute atomic E-state index is 0. The van der Waals surface area contributed by atoms with Gasteiger partial charge in [0, 0.05) is 18.5 Å². The number of benzene rings is 1. The van der Waals surface area contributed by atoms with Crippen molar-refractivity contribution < 1.29 is 0 Å². The maximum absolute atomic E-state index is 4.75. The summed E-state index contributed by atoms with van der Waals surface area (Å²) in [6.45, 7) is 6.09. The van der Waals surface area contributed by atoms with Crippen LogP contribution in [-0.2, 0) is 26.6 Å². The molecule has 0 saturated carbocycles. The van der Waals surface area contributed by atoms with E-state index in [1.54, 1.807) is 11.3 Å². The van der Waals surface area contributed by atoms with E-state index in [0.717, 1.165) is 30.6 Å². The van der Waals surface area contributed by atoms with Gasteiger partial charge in [0.05, 0.1) is 13.1 Å². The Kier molecular flexibility index (Phi) is 8.91. The molecule has 0 saturated heterocycles. The van der Waals surface area contributed by atoms with E-state index < -0.39 is 0 Å². The topological polar surface area (TPSA) is 67.1 Å². The Hall–Kier alpha value is -1.94. The van der Waals surface area contributed by atoms with E-state index in [-0.39, 0.29) is 24.0 Å². The Morgan fingerprint density at radius 2 is 2.00 bits per heavy atom. The van der Waals surface area contributed by atoms with Gasteiger partial charge in [-0.2, -0.15) is 0 Å². The van der Waals surface area contributed by atoms with Crippen molar-refractivity contribution in [2.45, 2.75) is 33.4 Å². The Balaban J connectivity index is 0.00000280. The molecule has 0 fully saturated rings. The molecule has 0 atom stereocenters. The highest BCUT2D eigenvalue weighted by molar-refractivity contribution is 14.0. The van der Waals surface area contributed by atoms with E-state index in [4.69, 9.17) is 4.99 Å². The molecule has 0 aliphatic heterocycles. The van der Waals surface area contributed by atoms with E-state index in [2.05, 4.69) is 69.5 Å². The second-order valence-corrected chi connectivity index (χ2v) is 7.52. The predicted molar refractivity (Wildman–Crippen MR) is 126 cm³/mol. The second kappa shape index (κ2) is 11.2. The van der Waals surface area contributed by atoms with Crippen molar-refractivity contribution in [3.05, 3.63) is 69.4 Å². The molecule has 2 heterocycles. The summed E-state index contributed by atoms with van der Waals surface area (Å²) in [5.41, 5.74) is 2.45. The number of hydrogen-bond donors (Lipinski definition) is 2. The number of hydrogen-bond acceptors (Lipinski definition) is 4. The Morgan fingerprint density at radius 3 is 2.68 bits per heavy atom. The standard InChI is InChI=1S/C20H26N6S.HI/c1-15-6-4-7-17(12-15)13-22-20(21-10-9-18-8-5-11-27-18)23-14-19-25-24-16(2)26(19)3;/h4-8,11-12H,9-10,13-14H2,1-3H3,(H2,21,22,23);1H. The molecule has 0 amide bonds. The van der Waals surface area contributed by atoms with Crippen LogP contribution < -0.4 is 10.6 Å². The van der Waals surface area contributed by atoms with Gasteiger partial charge >= 0.3 is 0 Å². The van der Waals surface area contributed by atoms with Crippen LogP contribution in [0.5, 0.6) is 0 Å². The first-order chi connectivity index (χ1) is 13.1. The summed E-state index contributed by atoms with van der Waals surface area (Å²) in [6.07, 6.45) is 0.978. The number of nitrogens with zero attached hydrogens (tertiary/aromatic N) is 4. The van der Waals surface area contributed by atoms with Crippen LogP contribution in [-0.4, -0.2) is 27.3 Å². The third-order valence-corrected chi connectivity index (χ3v) is 5.28. The highest BCUT2D eigenvalue weighted by Crippen LogP contribution is 2.08. The average Bonchev–Trinajstić information content (AvgIpc) is 3.28. The molecule has 0 aliphatic rings. The highest BCUT2D eigenvalue weighted by atomic mass is 127. The zero-order valence-corrected chi connectivity index (χ0v) is 19.6. The van der Waals surface area contributed by atoms with Gasteiger partial charge in [-0.1, -0.05) is 35.9 Å². The molecule has 2 N–H and O–H groups in total. The molecule has 1 aromatic carbocycles. The van der Waals surface area contributed by atoms with Gasteiger partial charge in [0.2, 0.25) is 0 Å². The second-order valence-electron chi connectivity index (χ2n) is 6.49. The summed E-state index contributed by atoms with van der Waals surface area (Å²) in [7, 11) is 1.97. The number of rotatable bonds is 7. The maximum atomic E-state index is 4.75. The maximum Gasteiger partial charge on any atom is 0.191 e. The molecule has 6 nitrogen and oxygen atoms in total. The van der Waals surface area contributed by atoms with Crippen molar-refractivity contribution in [2.24, 2.45) is 12.0 Å². The number of nitrogens with one attached hydrogen (secondary N) is 2. The molecule has 0 spiro atoms. The van der Waals surface area contributed by atoms with Gasteiger partial charge in [-0.25, -0.2) is 4.99 Å². The zero-order chi connectivity index (χ0) is 19.1. The van der Waals surface area contributed by atoms with Crippen LogP contribution in [0.3, 0.4) is 0 Å². The lowest BCUT2D eigenvalue weighted by Gasteiger charge is -2.12. The SMILES string of the molecule is Cc1cccc(CN=C(NCCc2cccs2)NCc2nnc(C)n2C)c1.I. The molecule has 2 aromatic heterocycles. The number of aromatic nitrogens is 3. The smallest absolute Gasteiger partial charge is 0.191 e. The quantitative estimate of drug-likeness (QED) is 0.290. The molecule has 3 rings (SSSR count). The lowest BCUT2D eigenvalue weighted by Crippen LogP contribution is -2.38. The van der Waals surface area contributed by atoms with E-state index in [1.165, 1.54) is 16.0 Å². The minimum atomic E-state index is 0. The van der Waals surface area contributed by atoms with Gasteiger partial charge < -0.3 is 15.2 Å². The van der Waals surface area contributed by atoms with Gasteiger partial charge in [-0.15, -0.1) is 45.5 Å². The highest BCUT2D eigenvalue weighted by Gasteiger charge is 2.06. The van der Waals surface area contributed by atoms with Crippen LogP contribution in [0, 0.1) is 13.8 Å². The lowest BCUT2D eigenvalue weighted by atomic mass is 10.1. The van der Waals surface area contributed by atoms with E-state index >= 15 is 0 Å². The molecule has 0 bridgehead atoms. The summed E-state index contributed by atoms with van der Waals surface area (Å²) in [4.78, 5) is 6.11. The monoisotopic (exact) mass is 510 g/mol. The van der Waals surface area contributed by atoms with Crippen molar-refractivity contribution in [3.8, 4) is 0 Å². The zero-order valence-electron chi connectivity index (χ0n) is 16.5. The van der Waals surface area contributed by atoms with Crippen molar-refractivity contribution in [1.29, 1.82) is 0 Å². The molecular formula is C20H27IN6S. The Labute approximate surface area is 187 Å². The van der Waals surface area contributed by atoms with Gasteiger partial charge in [-0.05, 0) is 37.3 Å². The largest absolute Gasteiger partial charge is 0.356 e. The summed E-state index contributed by atoms with van der Waals surface area (Å²) in [6, 6.07) is 12.7. The summed E-state index contributed by atoms with van der Waals surface area (Å²) < 4.78 is 1.98. The number of halogens is 1. The van der Waals surface area contributed by atoms with Crippen LogP contribution in [0.25, 0.3) is 0 Å². The fourth-order valence-corrected chi connectivity index (χ4v) is 3.39. The number of aryl methyl sites for hydroxylation is 2. The van der Waals surface area contributed by atoms with Gasteiger partial charge in [0.25, 0.3) is 0 Å². The Morgan fingerprint density at radius 1 is 1.14 bits per heavy atom. The average molecular weight is 510 g/mol. The van der Waals surface area contributed by atoms with Gasteiger partial charge in [-0.3, -0.25) is 0 Å². The summed E-state index contributed by atoms with van der Waals surface area (Å²) in [5, 5.41) is 17.2. The normalized spacial score (nSPS) is 11.2. The third kappa shape index (κ3) is 6.59. The third-order valence-electron chi connectivity index (χ3n) is 4.34. The van der Waals surface area contributed by atoms with Gasteiger partial charge in [0.1, 0.15) is 5.82 Å². The van der Waals surface area contributed by atoms with Crippen LogP contribution >= 0.6 is 35.3 Å². The van der Waals surface area contributed by atoms with Crippen molar-refractivity contribution in [2.75, 3.05) is 6.54 Å². The van der Waals surface area contributed by atoms with Crippen LogP contribution in [0.4, 0.5) is 0 Å². The van der Waals surface area contributed by atoms with E-state index in [0.29, 0.717) is 13.1 Å². The van der Waals surface area contributed by atoms with E-state index in [9.17, 15) is 0 Å². The van der Waals surface area contributed by atoms with Crippen LogP contribution in [0.2, 0.25) is 0 Å². The van der Waals surface area contributed by atoms with Crippen molar-refractivity contribution in [3.63, 3.8) is 0 Å². The molecule has 3 aromatic rings. The van der Waals surface area contributed by atoms with Crippen molar-refractivity contribution in [1.82, 2.24) is 25.4 Å². The number of aliphatic imine (C=N–C) groups is 1. The van der Waals surface area contributed by atoms with Crippen LogP contribution in [0.15, 0.2) is 46.8 Å². The van der Waals surface area contributed by atoms with Crippen LogP contribution in [0.1, 0.15) is 27.7 Å². The number of thiophene rings is 1. The molecule has 0 aliphatic carbocycles. The number of guanidine groups is 1. The molecule has 0 radical (unpaired) electrons. The lowest BCUT2D eigenvalue weighted by molar-refractivity contribution is 0.713. The molecule has 8 heteroatoms. The first-order valence-electron chi connectivity index (χ1n) is 9.07. The van der Waals surface area contributed by atoms with Gasteiger partial charge in [0.15, 0.2) is 11.8 Å². The first-order valence-corrected chi connectivity index (χ1v) is 9.95. The summed E-state index contributed by atoms with van der Waals surface area (Å²) >= 11 is 1.78. The Bertz CT molecular complexity index is 888. The predicted octanol–water partition coefficient (Wildman–Crippen LogP) is 3.59.